The molecule has 24 heavy (non-hydrogen) atoms. The molecule has 3 N–H and O–H groups in total. The first kappa shape index (κ1) is 29.5. The lowest BCUT2D eigenvalue weighted by Gasteiger charge is -2.04. The van der Waals surface area contributed by atoms with E-state index in [0.717, 1.165) is 11.3 Å². The van der Waals surface area contributed by atoms with Gasteiger partial charge in [0, 0.05) is 12.2 Å². The van der Waals surface area contributed by atoms with Crippen LogP contribution in [0.15, 0.2) is 24.3 Å². The van der Waals surface area contributed by atoms with Gasteiger partial charge in [0.05, 0.1) is 7.18 Å². The van der Waals surface area contributed by atoms with E-state index in [1.807, 2.05) is 26.0 Å². The fraction of sp³-hybridized carbons (Fsp3) is 0.444. The molecule has 1 rings (SSSR count). The molecule has 6 heteroatoms. The van der Waals surface area contributed by atoms with Crippen molar-refractivity contribution in [2.45, 2.75) is 40.7 Å². The van der Waals surface area contributed by atoms with Crippen molar-refractivity contribution in [1.82, 2.24) is 5.32 Å². The minimum absolute atomic E-state index is 0.105. The van der Waals surface area contributed by atoms with E-state index >= 15 is 0 Å². The molecule has 0 fully saturated rings. The second-order valence-corrected chi connectivity index (χ2v) is 3.65. The van der Waals surface area contributed by atoms with Crippen LogP contribution in [0.4, 0.5) is 10.1 Å². The number of benzene rings is 1. The molecule has 0 bridgehead atoms. The average molecular weight is 342 g/mol. The van der Waals surface area contributed by atoms with Crippen LogP contribution < -0.4 is 10.6 Å². The van der Waals surface area contributed by atoms with Crippen molar-refractivity contribution < 1.29 is 19.1 Å². The van der Waals surface area contributed by atoms with Crippen LogP contribution >= 0.6 is 0 Å². The number of carboxylic acid groups (broad SMARTS) is 1. The number of nitrogens with one attached hydrogen (secondary N) is 2. The number of anilines is 1. The summed E-state index contributed by atoms with van der Waals surface area (Å²) in [5, 5.41) is 13.7. The van der Waals surface area contributed by atoms with E-state index in [0.29, 0.717) is 20.1 Å². The van der Waals surface area contributed by atoms with Crippen molar-refractivity contribution >= 4 is 18.1 Å². The van der Waals surface area contributed by atoms with Gasteiger partial charge in [-0.2, -0.15) is 0 Å². The fourth-order valence-corrected chi connectivity index (χ4v) is 1.08. The normalized spacial score (nSPS) is 7.17. The Morgan fingerprint density at radius 1 is 1.17 bits per heavy atom. The van der Waals surface area contributed by atoms with Gasteiger partial charge in [-0.25, -0.2) is 0 Å². The van der Waals surface area contributed by atoms with Crippen LogP contribution in [0.1, 0.15) is 39.7 Å². The molecule has 0 unspecified atom stereocenters. The van der Waals surface area contributed by atoms with E-state index in [1.165, 1.54) is 6.42 Å². The number of halogens is 1. The molecule has 0 atom stereocenters. The summed E-state index contributed by atoms with van der Waals surface area (Å²) in [7, 11) is 0.500. The number of amides is 1. The molecule has 0 radical (unpaired) electrons. The quantitative estimate of drug-likeness (QED) is 0.544. The van der Waals surface area contributed by atoms with Crippen molar-refractivity contribution in [1.29, 1.82) is 0 Å². The molecule has 0 aliphatic heterocycles. The van der Waals surface area contributed by atoms with Gasteiger partial charge < -0.3 is 15.7 Å². The Balaban J connectivity index is -0.000000190. The van der Waals surface area contributed by atoms with E-state index in [4.69, 9.17) is 5.11 Å². The van der Waals surface area contributed by atoms with E-state index in [-0.39, 0.29) is 6.54 Å². The smallest absolute Gasteiger partial charge is 0.322 e. The van der Waals surface area contributed by atoms with Gasteiger partial charge in [-0.15, -0.1) is 12.8 Å². The minimum atomic E-state index is -0.901. The molecule has 0 saturated heterocycles. The summed E-state index contributed by atoms with van der Waals surface area (Å²) in [5.74, 6) is -0.901. The number of rotatable bonds is 6. The lowest BCUT2D eigenvalue weighted by Crippen LogP contribution is -2.12. The number of aliphatic carboxylic acids is 1. The Kier molecular flexibility index (Phi) is 35.1. The van der Waals surface area contributed by atoms with Crippen molar-refractivity contribution in [3.05, 3.63) is 29.8 Å². The molecular formula is C18H31FN2O3. The van der Waals surface area contributed by atoms with Crippen LogP contribution in [0.25, 0.3) is 0 Å². The maximum absolute atomic E-state index is 10.3. The lowest BCUT2D eigenvalue weighted by molar-refractivity contribution is -0.134. The van der Waals surface area contributed by atoms with Crippen molar-refractivity contribution in [2.75, 3.05) is 19.0 Å². The number of hydrogen-bond donors (Lipinski definition) is 3. The summed E-state index contributed by atoms with van der Waals surface area (Å²) in [6.07, 6.45) is 9.89. The highest BCUT2D eigenvalue weighted by atomic mass is 19.1. The van der Waals surface area contributed by atoms with Gasteiger partial charge in [0.15, 0.2) is 0 Å². The highest BCUT2D eigenvalue weighted by Gasteiger charge is 1.97. The topological polar surface area (TPSA) is 78.4 Å². The highest BCUT2D eigenvalue weighted by Crippen LogP contribution is 2.08. The zero-order valence-electron chi connectivity index (χ0n) is 15.3. The largest absolute Gasteiger partial charge is 0.480 e. The monoisotopic (exact) mass is 342 g/mol. The molecule has 0 saturated carbocycles. The second-order valence-electron chi connectivity index (χ2n) is 3.65. The lowest BCUT2D eigenvalue weighted by atomic mass is 10.2. The standard InChI is InChI=1S/C10H12N2O3.C3H8.C2H6.C2H2.CH3F/c13-7-11-5-8-1-3-9(4-2-8)12-6-10(14)15;1-3-2;3*1-2/h1-4,7,12H,5-6H2,(H,11,13)(H,14,15);3H2,1-2H3;1-2H3;1-2H;1H3. The van der Waals surface area contributed by atoms with Crippen molar-refractivity contribution in [2.24, 2.45) is 0 Å². The van der Waals surface area contributed by atoms with Gasteiger partial charge in [-0.05, 0) is 17.7 Å². The SMILES string of the molecule is C#C.CC.CCC.CF.O=CNCc1ccc(NCC(=O)O)cc1. The third kappa shape index (κ3) is 24.5. The van der Waals surface area contributed by atoms with Crippen LogP contribution in [0.2, 0.25) is 0 Å². The first-order chi connectivity index (χ1) is 11.6. The van der Waals surface area contributed by atoms with Gasteiger partial charge in [0.25, 0.3) is 0 Å². The van der Waals surface area contributed by atoms with Gasteiger partial charge in [-0.1, -0.05) is 46.2 Å². The summed E-state index contributed by atoms with van der Waals surface area (Å²) >= 11 is 0. The molecular weight excluding hydrogens is 311 g/mol. The molecule has 1 amide bonds. The number of terminal acetylenes is 1. The number of carboxylic acids is 1. The maximum Gasteiger partial charge on any atom is 0.322 e. The van der Waals surface area contributed by atoms with Crippen LogP contribution in [-0.2, 0) is 16.1 Å². The van der Waals surface area contributed by atoms with Gasteiger partial charge in [0.1, 0.15) is 6.54 Å². The van der Waals surface area contributed by atoms with Gasteiger partial charge in [0.2, 0.25) is 6.41 Å². The average Bonchev–Trinajstić information content (AvgIpc) is 2.65. The third-order valence-electron chi connectivity index (χ3n) is 1.79. The zero-order chi connectivity index (χ0) is 19.8. The Morgan fingerprint density at radius 2 is 1.58 bits per heavy atom. The number of alkyl halides is 1. The van der Waals surface area contributed by atoms with Gasteiger partial charge in [-0.3, -0.25) is 14.0 Å². The molecule has 138 valence electrons. The molecule has 0 spiro atoms. The van der Waals surface area contributed by atoms with Crippen LogP contribution in [0.3, 0.4) is 0 Å². The van der Waals surface area contributed by atoms with E-state index < -0.39 is 5.97 Å². The fourth-order valence-electron chi connectivity index (χ4n) is 1.08. The first-order valence-electron chi connectivity index (χ1n) is 7.56. The molecule has 5 nitrogen and oxygen atoms in total. The summed E-state index contributed by atoms with van der Waals surface area (Å²) < 4.78 is 9.50. The number of carbonyl (C=O) groups excluding carboxylic acids is 1. The van der Waals surface area contributed by atoms with Crippen LogP contribution in [0, 0.1) is 12.8 Å². The highest BCUT2D eigenvalue weighted by molar-refractivity contribution is 5.72. The Hall–Kier alpha value is -2.55. The third-order valence-corrected chi connectivity index (χ3v) is 1.79. The van der Waals surface area contributed by atoms with E-state index in [1.54, 1.807) is 12.1 Å². The Labute approximate surface area is 145 Å². The molecule has 0 aliphatic carbocycles. The Morgan fingerprint density at radius 3 is 1.92 bits per heavy atom. The molecule has 1 aromatic rings. The van der Waals surface area contributed by atoms with Crippen LogP contribution in [0.5, 0.6) is 0 Å². The summed E-state index contributed by atoms with van der Waals surface area (Å²) in [4.78, 5) is 20.3. The van der Waals surface area contributed by atoms with E-state index in [9.17, 15) is 14.0 Å². The summed E-state index contributed by atoms with van der Waals surface area (Å²) in [6, 6.07) is 7.18. The predicted molar refractivity (Wildman–Crippen MR) is 99.7 cm³/mol. The molecule has 0 aliphatic rings. The van der Waals surface area contributed by atoms with Gasteiger partial charge >= 0.3 is 5.97 Å². The second kappa shape index (κ2) is 28.6. The maximum atomic E-state index is 10.3. The molecule has 0 heterocycles. The summed E-state index contributed by atoms with van der Waals surface area (Å²) in [6.45, 7) is 8.62. The van der Waals surface area contributed by atoms with Crippen LogP contribution in [-0.4, -0.2) is 31.2 Å². The summed E-state index contributed by atoms with van der Waals surface area (Å²) in [5.41, 5.74) is 1.70. The zero-order valence-corrected chi connectivity index (χ0v) is 15.3. The number of hydrogen-bond acceptors (Lipinski definition) is 3. The number of carbonyl (C=O) groups is 2. The van der Waals surface area contributed by atoms with Crippen molar-refractivity contribution in [3.63, 3.8) is 0 Å². The van der Waals surface area contributed by atoms with Crippen molar-refractivity contribution in [3.8, 4) is 12.8 Å². The molecule has 0 aromatic heterocycles. The predicted octanol–water partition coefficient (Wildman–Crippen LogP) is 3.71. The minimum Gasteiger partial charge on any atom is -0.480 e. The molecule has 1 aromatic carbocycles. The first-order valence-corrected chi connectivity index (χ1v) is 7.56. The van der Waals surface area contributed by atoms with E-state index in [2.05, 4.69) is 37.3 Å². The Bertz CT molecular complexity index is 393.